The number of aliphatic hydroxyl groups is 1. The Bertz CT molecular complexity index is 3050. The lowest BCUT2D eigenvalue weighted by atomic mass is 9.85. The number of likely N-dealkylation sites (tertiary alicyclic amines) is 1. The molecule has 2 aliphatic heterocycles. The Morgan fingerprint density at radius 3 is 2.25 bits per heavy atom. The predicted octanol–water partition coefficient (Wildman–Crippen LogP) is 7.46. The van der Waals surface area contributed by atoms with Gasteiger partial charge in [0.2, 0.25) is 17.7 Å². The summed E-state index contributed by atoms with van der Waals surface area (Å²) in [6.45, 7) is 14.9. The molecule has 0 bridgehead atoms. The van der Waals surface area contributed by atoms with Gasteiger partial charge in [0.15, 0.2) is 12.4 Å². The van der Waals surface area contributed by atoms with Gasteiger partial charge in [-0.05, 0) is 93.0 Å². The zero-order chi connectivity index (χ0) is 52.3. The van der Waals surface area contributed by atoms with E-state index < -0.39 is 53.3 Å². The number of carbonyl (C=O) groups is 5. The molecule has 0 unspecified atom stereocenters. The number of aliphatic imine (C=N–C) groups is 1. The quantitative estimate of drug-likeness (QED) is 0.0698. The highest BCUT2D eigenvalue weighted by Gasteiger charge is 2.45. The Kier molecular flexibility index (Phi) is 15.7. The molecule has 73 heavy (non-hydrogen) atoms. The fourth-order valence-corrected chi connectivity index (χ4v) is 11.1. The van der Waals surface area contributed by atoms with Gasteiger partial charge in [0.05, 0.1) is 47.5 Å². The molecule has 1 fully saturated rings. The van der Waals surface area contributed by atoms with Crippen LogP contribution in [0.5, 0.6) is 5.75 Å². The average Bonchev–Trinajstić information content (AvgIpc) is 4.14. The van der Waals surface area contributed by atoms with E-state index in [2.05, 4.69) is 45.0 Å². The second kappa shape index (κ2) is 21.9. The van der Waals surface area contributed by atoms with Crippen molar-refractivity contribution in [3.63, 3.8) is 0 Å². The lowest BCUT2D eigenvalue weighted by Crippen LogP contribution is -2.58. The zero-order valence-electron chi connectivity index (χ0n) is 42.4. The number of ether oxygens (including phenoxy) is 2. The van der Waals surface area contributed by atoms with Crippen LogP contribution in [0.2, 0.25) is 0 Å². The first kappa shape index (κ1) is 52.2. The van der Waals surface area contributed by atoms with Crippen molar-refractivity contribution >= 4 is 63.7 Å². The molecule has 1 saturated heterocycles. The van der Waals surface area contributed by atoms with Crippen LogP contribution in [-0.4, -0.2) is 104 Å². The number of thiophene rings is 1. The standard InChI is InChI=1S/C54H61N9O8S2/c1-29-32(4)73-53-46(29)47(58-41(25-45(67)70-9)50-61-60-33(5)63(50)53)36-17-19-38(20-18-36)57-43(65)23-12-34-10-21-40(22-11-34)71-27-44(66)59-49(54(6,7)8)52(69)62-26-39(64)24-42(62)51(68)56-30(2)35-13-15-37(16-14-35)48-31(3)55-28-72-48/h10-11,13-22,28,30,39,41-42,49,64H,12,23-27H2,1-9H3,(H,56,68)(H,57,65)(H,59,66)/t30-,39+,41-,42-,49+/m0/s1. The second-order valence-corrected chi connectivity index (χ2v) is 21.7. The van der Waals surface area contributed by atoms with Crippen LogP contribution in [-0.2, 0) is 35.1 Å². The van der Waals surface area contributed by atoms with Crippen molar-refractivity contribution in [3.8, 4) is 21.2 Å². The molecular weight excluding hydrogens is 967 g/mol. The number of aryl methyl sites for hydroxylation is 4. The van der Waals surface area contributed by atoms with Gasteiger partial charge in [-0.15, -0.1) is 32.9 Å². The predicted molar refractivity (Wildman–Crippen MR) is 280 cm³/mol. The van der Waals surface area contributed by atoms with Gasteiger partial charge in [0.1, 0.15) is 34.7 Å². The number of thiazole rings is 1. The molecular formula is C54H61N9O8S2. The smallest absolute Gasteiger partial charge is 0.308 e. The number of hydrogen-bond donors (Lipinski definition) is 4. The first-order chi connectivity index (χ1) is 34.8. The topological polar surface area (TPSA) is 219 Å². The number of anilines is 1. The first-order valence-electron chi connectivity index (χ1n) is 24.2. The van der Waals surface area contributed by atoms with Crippen LogP contribution in [0.15, 0.2) is 83.3 Å². The molecule has 8 rings (SSSR count). The maximum Gasteiger partial charge on any atom is 0.308 e. The third-order valence-corrected chi connectivity index (χ3v) is 15.4. The van der Waals surface area contributed by atoms with E-state index in [1.807, 2.05) is 112 Å². The largest absolute Gasteiger partial charge is 0.484 e. The molecule has 0 aliphatic carbocycles. The van der Waals surface area contributed by atoms with E-state index in [0.717, 1.165) is 53.8 Å². The minimum Gasteiger partial charge on any atom is -0.484 e. The van der Waals surface area contributed by atoms with Crippen molar-refractivity contribution in [1.29, 1.82) is 0 Å². The van der Waals surface area contributed by atoms with Crippen molar-refractivity contribution in [3.05, 3.63) is 128 Å². The normalized spacial score (nSPS) is 17.1. The fourth-order valence-electron chi connectivity index (χ4n) is 9.08. The number of benzene rings is 3. The maximum absolute atomic E-state index is 14.2. The third kappa shape index (κ3) is 11.7. The van der Waals surface area contributed by atoms with Gasteiger partial charge in [0, 0.05) is 41.1 Å². The van der Waals surface area contributed by atoms with E-state index in [-0.39, 0.29) is 44.4 Å². The van der Waals surface area contributed by atoms with Gasteiger partial charge in [-0.3, -0.25) is 33.5 Å². The average molecular weight is 1030 g/mol. The van der Waals surface area contributed by atoms with Crippen LogP contribution >= 0.6 is 22.7 Å². The minimum absolute atomic E-state index is 0.00161. The van der Waals surface area contributed by atoms with Crippen molar-refractivity contribution in [2.75, 3.05) is 25.6 Å². The van der Waals surface area contributed by atoms with Gasteiger partial charge >= 0.3 is 5.97 Å². The van der Waals surface area contributed by atoms with E-state index in [1.54, 1.807) is 34.8 Å². The fraction of sp³-hybridized carbons (Fsp3) is 0.389. The number of carbonyl (C=O) groups excluding carboxylic acids is 5. The van der Waals surface area contributed by atoms with Gasteiger partial charge in [-0.25, -0.2) is 4.98 Å². The summed E-state index contributed by atoms with van der Waals surface area (Å²) < 4.78 is 12.8. The summed E-state index contributed by atoms with van der Waals surface area (Å²) >= 11 is 3.19. The van der Waals surface area contributed by atoms with E-state index in [4.69, 9.17) is 14.5 Å². The summed E-state index contributed by atoms with van der Waals surface area (Å²) in [5.74, 6) is -0.281. The summed E-state index contributed by atoms with van der Waals surface area (Å²) in [4.78, 5) is 79.9. The molecule has 3 aromatic carbocycles. The lowest BCUT2D eigenvalue weighted by Gasteiger charge is -2.35. The van der Waals surface area contributed by atoms with Crippen LogP contribution in [0.4, 0.5) is 5.69 Å². The van der Waals surface area contributed by atoms with Gasteiger partial charge in [0.25, 0.3) is 5.91 Å². The van der Waals surface area contributed by atoms with Crippen molar-refractivity contribution in [2.24, 2.45) is 10.4 Å². The molecule has 17 nitrogen and oxygen atoms in total. The Balaban J connectivity index is 0.828. The molecule has 4 amide bonds. The number of amides is 4. The lowest BCUT2D eigenvalue weighted by molar-refractivity contribution is -0.144. The van der Waals surface area contributed by atoms with Gasteiger partial charge < -0.3 is 35.4 Å². The number of fused-ring (bicyclic) bond motifs is 3. The number of methoxy groups -OCH3 is 1. The summed E-state index contributed by atoms with van der Waals surface area (Å²) in [6.07, 6.45) is -0.177. The van der Waals surface area contributed by atoms with Crippen molar-refractivity contribution in [1.82, 2.24) is 35.3 Å². The molecule has 5 heterocycles. The molecule has 0 spiro atoms. The molecule has 19 heteroatoms. The highest BCUT2D eigenvalue weighted by molar-refractivity contribution is 7.15. The SMILES string of the molecule is COC(=O)C[C@@H]1N=C(c2ccc(NC(=O)CCc3ccc(OCC(=O)N[C@H](C(=O)N4C[C@H](O)C[C@H]4C(=O)N[C@@H](C)c4ccc(-c5scnc5C)cc4)C(C)(C)C)cc3)cc2)c2c(sc(C)c2C)-n2c(C)nnc21. The molecule has 0 radical (unpaired) electrons. The minimum atomic E-state index is -1.02. The van der Waals surface area contributed by atoms with Crippen LogP contribution in [0.25, 0.3) is 15.4 Å². The molecule has 6 aromatic rings. The number of aliphatic hydroxyl groups excluding tert-OH is 1. The molecule has 2 aliphatic rings. The van der Waals surface area contributed by atoms with Crippen LogP contribution in [0.3, 0.4) is 0 Å². The second-order valence-electron chi connectivity index (χ2n) is 19.6. The Morgan fingerprint density at radius 2 is 1.59 bits per heavy atom. The molecule has 0 saturated carbocycles. The number of nitrogens with zero attached hydrogens (tertiary/aromatic N) is 6. The number of hydrogen-bond acceptors (Lipinski definition) is 14. The molecule has 382 valence electrons. The highest BCUT2D eigenvalue weighted by Crippen LogP contribution is 2.40. The summed E-state index contributed by atoms with van der Waals surface area (Å²) in [5.41, 5.74) is 9.00. The molecule has 4 N–H and O–H groups in total. The Labute approximate surface area is 432 Å². The summed E-state index contributed by atoms with van der Waals surface area (Å²) in [7, 11) is 1.35. The maximum atomic E-state index is 14.2. The van der Waals surface area contributed by atoms with Crippen LogP contribution in [0, 0.1) is 33.1 Å². The summed E-state index contributed by atoms with van der Waals surface area (Å²) in [5, 5.41) is 29.2. The Hall–Kier alpha value is -7.09. The van der Waals surface area contributed by atoms with E-state index in [1.165, 1.54) is 12.0 Å². The van der Waals surface area contributed by atoms with Crippen molar-refractivity contribution in [2.45, 2.75) is 111 Å². The molecule has 5 atom stereocenters. The van der Waals surface area contributed by atoms with Crippen molar-refractivity contribution < 1.29 is 38.6 Å². The molecule has 3 aromatic heterocycles. The zero-order valence-corrected chi connectivity index (χ0v) is 44.1. The number of nitrogens with one attached hydrogen (secondary N) is 3. The van der Waals surface area contributed by atoms with E-state index in [0.29, 0.717) is 35.2 Å². The first-order valence-corrected chi connectivity index (χ1v) is 25.9. The number of rotatable bonds is 16. The Morgan fingerprint density at radius 1 is 0.890 bits per heavy atom. The van der Waals surface area contributed by atoms with Crippen LogP contribution < -0.4 is 20.7 Å². The third-order valence-electron chi connectivity index (χ3n) is 13.3. The summed E-state index contributed by atoms with van der Waals surface area (Å²) in [6, 6.07) is 19.5. The van der Waals surface area contributed by atoms with E-state index in [9.17, 15) is 29.1 Å². The van der Waals surface area contributed by atoms with Gasteiger partial charge in [-0.1, -0.05) is 69.3 Å². The van der Waals surface area contributed by atoms with Gasteiger partial charge in [-0.2, -0.15) is 0 Å². The number of esters is 1. The van der Waals surface area contributed by atoms with Crippen LogP contribution in [0.1, 0.15) is 109 Å². The highest BCUT2D eigenvalue weighted by atomic mass is 32.1. The number of aromatic nitrogens is 4. The monoisotopic (exact) mass is 1030 g/mol. The van der Waals surface area contributed by atoms with E-state index >= 15 is 0 Å². The number of β-amino-alcohol motifs (C(OH)–C–C–N with tert-alkyl or cyclic N) is 1.